The average Bonchev–Trinajstić information content (AvgIpc) is 2.92. The van der Waals surface area contributed by atoms with Gasteiger partial charge in [-0.05, 0) is 43.3 Å². The Hall–Kier alpha value is -2.57. The predicted molar refractivity (Wildman–Crippen MR) is 96.3 cm³/mol. The van der Waals surface area contributed by atoms with Gasteiger partial charge in [0, 0.05) is 16.0 Å². The molecule has 8 heteroatoms. The molecule has 0 aliphatic rings. The third-order valence-electron chi connectivity index (χ3n) is 3.62. The van der Waals surface area contributed by atoms with E-state index in [0.717, 1.165) is 12.1 Å². The summed E-state index contributed by atoms with van der Waals surface area (Å²) in [6.07, 6.45) is 0. The molecule has 26 heavy (non-hydrogen) atoms. The molecule has 0 unspecified atom stereocenters. The summed E-state index contributed by atoms with van der Waals surface area (Å²) in [6, 6.07) is 8.48. The van der Waals surface area contributed by atoms with Crippen molar-refractivity contribution in [1.29, 1.82) is 0 Å². The topological polar surface area (TPSA) is 68.5 Å². The van der Waals surface area contributed by atoms with Crippen molar-refractivity contribution in [2.45, 2.75) is 6.92 Å². The van der Waals surface area contributed by atoms with Gasteiger partial charge in [-0.2, -0.15) is 0 Å². The number of hydrogen-bond donors (Lipinski definition) is 1. The molecule has 1 aromatic heterocycles. The Labute approximate surface area is 157 Å². The van der Waals surface area contributed by atoms with E-state index in [4.69, 9.17) is 32.4 Å². The molecule has 1 N–H and O–H groups in total. The number of carbonyl (C=O) groups is 2. The molecule has 0 saturated heterocycles. The first-order chi connectivity index (χ1) is 12.3. The van der Waals surface area contributed by atoms with E-state index in [0.29, 0.717) is 21.6 Å². The van der Waals surface area contributed by atoms with Crippen LogP contribution >= 0.6 is 23.2 Å². The predicted octanol–water partition coefficient (Wildman–Crippen LogP) is 4.98. The summed E-state index contributed by atoms with van der Waals surface area (Å²) in [6.45, 7) is 1.14. The number of hydrogen-bond acceptors (Lipinski definition) is 4. The van der Waals surface area contributed by atoms with Crippen LogP contribution in [-0.2, 0) is 9.53 Å². The molecule has 2 aromatic carbocycles. The fraction of sp³-hybridized carbons (Fsp3) is 0.111. The molecule has 0 saturated carbocycles. The van der Waals surface area contributed by atoms with Crippen LogP contribution in [0.1, 0.15) is 16.1 Å². The van der Waals surface area contributed by atoms with E-state index in [9.17, 15) is 14.0 Å². The van der Waals surface area contributed by atoms with Crippen molar-refractivity contribution in [3.63, 3.8) is 0 Å². The lowest BCUT2D eigenvalue weighted by Gasteiger charge is -2.07. The van der Waals surface area contributed by atoms with Crippen LogP contribution < -0.4 is 5.32 Å². The van der Waals surface area contributed by atoms with Crippen molar-refractivity contribution in [3.8, 4) is 0 Å². The van der Waals surface area contributed by atoms with Crippen molar-refractivity contribution in [3.05, 3.63) is 63.6 Å². The molecule has 134 valence electrons. The van der Waals surface area contributed by atoms with E-state index < -0.39 is 24.3 Å². The zero-order valence-corrected chi connectivity index (χ0v) is 14.9. The lowest BCUT2D eigenvalue weighted by Crippen LogP contribution is -2.21. The Morgan fingerprint density at radius 3 is 2.69 bits per heavy atom. The van der Waals surface area contributed by atoms with Crippen molar-refractivity contribution >= 4 is 51.7 Å². The van der Waals surface area contributed by atoms with E-state index in [1.165, 1.54) is 6.07 Å². The molecule has 3 rings (SSSR count). The van der Waals surface area contributed by atoms with E-state index in [2.05, 4.69) is 5.32 Å². The summed E-state index contributed by atoms with van der Waals surface area (Å²) in [5.41, 5.74) is 1.26. The quantitative estimate of drug-likeness (QED) is 0.632. The monoisotopic (exact) mass is 395 g/mol. The number of amides is 1. The highest BCUT2D eigenvalue weighted by molar-refractivity contribution is 6.33. The van der Waals surface area contributed by atoms with Crippen LogP contribution in [0.3, 0.4) is 0 Å². The van der Waals surface area contributed by atoms with Crippen LogP contribution in [0.4, 0.5) is 10.1 Å². The normalized spacial score (nSPS) is 10.8. The number of benzene rings is 2. The molecule has 3 aromatic rings. The van der Waals surface area contributed by atoms with Crippen molar-refractivity contribution in [2.24, 2.45) is 0 Å². The third kappa shape index (κ3) is 3.81. The molecule has 0 aliphatic carbocycles. The number of aryl methyl sites for hydroxylation is 1. The van der Waals surface area contributed by atoms with Gasteiger partial charge in [-0.3, -0.25) is 4.79 Å². The van der Waals surface area contributed by atoms with E-state index in [1.807, 2.05) is 0 Å². The molecule has 0 radical (unpaired) electrons. The van der Waals surface area contributed by atoms with Crippen LogP contribution in [0.5, 0.6) is 0 Å². The maximum atomic E-state index is 13.0. The first-order valence-electron chi connectivity index (χ1n) is 7.46. The molecule has 0 aliphatic heterocycles. The minimum absolute atomic E-state index is 0.00474. The zero-order valence-electron chi connectivity index (χ0n) is 13.4. The molecule has 0 spiro atoms. The highest BCUT2D eigenvalue weighted by atomic mass is 35.5. The molecule has 0 bridgehead atoms. The largest absolute Gasteiger partial charge is 0.450 e. The van der Waals surface area contributed by atoms with Crippen LogP contribution in [0, 0.1) is 12.7 Å². The Bertz CT molecular complexity index is 1020. The average molecular weight is 396 g/mol. The second kappa shape index (κ2) is 7.35. The molecular weight excluding hydrogens is 384 g/mol. The standard InChI is InChI=1S/C18H12Cl2FNO4/c1-9-12-6-10(19)2-5-15(12)26-17(9)18(24)25-8-16(23)22-14-4-3-11(21)7-13(14)20/h2-7H,8H2,1H3,(H,22,23). The summed E-state index contributed by atoms with van der Waals surface area (Å²) in [5.74, 6) is -1.94. The molecule has 0 fully saturated rings. The second-order valence-electron chi connectivity index (χ2n) is 5.45. The van der Waals surface area contributed by atoms with Gasteiger partial charge in [0.15, 0.2) is 6.61 Å². The Balaban J connectivity index is 1.67. The minimum atomic E-state index is -0.782. The minimum Gasteiger partial charge on any atom is -0.450 e. The van der Waals surface area contributed by atoms with Gasteiger partial charge in [0.1, 0.15) is 11.4 Å². The van der Waals surface area contributed by atoms with Crippen molar-refractivity contribution in [2.75, 3.05) is 11.9 Å². The van der Waals surface area contributed by atoms with Crippen LogP contribution in [-0.4, -0.2) is 18.5 Å². The summed E-state index contributed by atoms with van der Waals surface area (Å²) < 4.78 is 23.4. The van der Waals surface area contributed by atoms with Gasteiger partial charge in [0.2, 0.25) is 5.76 Å². The SMILES string of the molecule is Cc1c(C(=O)OCC(=O)Nc2ccc(F)cc2Cl)oc2ccc(Cl)cc12. The summed E-state index contributed by atoms with van der Waals surface area (Å²) >= 11 is 11.8. The van der Waals surface area contributed by atoms with Crippen LogP contribution in [0.2, 0.25) is 10.0 Å². The number of esters is 1. The lowest BCUT2D eigenvalue weighted by molar-refractivity contribution is -0.119. The fourth-order valence-electron chi connectivity index (χ4n) is 2.36. The number of rotatable bonds is 4. The fourth-order valence-corrected chi connectivity index (χ4v) is 2.75. The Morgan fingerprint density at radius 2 is 1.96 bits per heavy atom. The summed E-state index contributed by atoms with van der Waals surface area (Å²) in [4.78, 5) is 24.1. The van der Waals surface area contributed by atoms with Gasteiger partial charge in [-0.25, -0.2) is 9.18 Å². The van der Waals surface area contributed by atoms with Crippen LogP contribution in [0.15, 0.2) is 40.8 Å². The second-order valence-corrected chi connectivity index (χ2v) is 6.29. The lowest BCUT2D eigenvalue weighted by atomic mass is 10.1. The van der Waals surface area contributed by atoms with Gasteiger partial charge in [-0.15, -0.1) is 0 Å². The number of anilines is 1. The van der Waals surface area contributed by atoms with Gasteiger partial charge in [0.05, 0.1) is 10.7 Å². The number of halogens is 3. The Kier molecular flexibility index (Phi) is 5.15. The van der Waals surface area contributed by atoms with E-state index in [1.54, 1.807) is 25.1 Å². The zero-order chi connectivity index (χ0) is 18.8. The van der Waals surface area contributed by atoms with Crippen molar-refractivity contribution < 1.29 is 23.1 Å². The molecule has 1 amide bonds. The number of ether oxygens (including phenoxy) is 1. The van der Waals surface area contributed by atoms with Crippen LogP contribution in [0.25, 0.3) is 11.0 Å². The number of carbonyl (C=O) groups excluding carboxylic acids is 2. The molecule has 0 atom stereocenters. The smallest absolute Gasteiger partial charge is 0.375 e. The van der Waals surface area contributed by atoms with E-state index >= 15 is 0 Å². The van der Waals surface area contributed by atoms with Gasteiger partial charge < -0.3 is 14.5 Å². The highest BCUT2D eigenvalue weighted by Crippen LogP contribution is 2.28. The number of fused-ring (bicyclic) bond motifs is 1. The first kappa shape index (κ1) is 18.2. The summed E-state index contributed by atoms with van der Waals surface area (Å²) in [7, 11) is 0. The molecular formula is C18H12Cl2FNO4. The third-order valence-corrected chi connectivity index (χ3v) is 4.17. The Morgan fingerprint density at radius 1 is 1.19 bits per heavy atom. The molecule has 1 heterocycles. The van der Waals surface area contributed by atoms with Gasteiger partial charge in [-0.1, -0.05) is 23.2 Å². The maximum absolute atomic E-state index is 13.0. The maximum Gasteiger partial charge on any atom is 0.375 e. The van der Waals surface area contributed by atoms with Gasteiger partial charge >= 0.3 is 5.97 Å². The van der Waals surface area contributed by atoms with Gasteiger partial charge in [0.25, 0.3) is 5.91 Å². The number of furan rings is 1. The first-order valence-corrected chi connectivity index (χ1v) is 8.21. The van der Waals surface area contributed by atoms with Crippen molar-refractivity contribution in [1.82, 2.24) is 0 Å². The highest BCUT2D eigenvalue weighted by Gasteiger charge is 2.20. The van der Waals surface area contributed by atoms with E-state index in [-0.39, 0.29) is 16.5 Å². The summed E-state index contributed by atoms with van der Waals surface area (Å²) in [5, 5.41) is 3.66. The molecule has 5 nitrogen and oxygen atoms in total. The number of nitrogens with one attached hydrogen (secondary N) is 1.